The van der Waals surface area contributed by atoms with Crippen LogP contribution >= 0.6 is 12.4 Å². The van der Waals surface area contributed by atoms with Crippen LogP contribution in [-0.2, 0) is 10.0 Å². The molecule has 6 heteroatoms. The first kappa shape index (κ1) is 18.4. The van der Waals surface area contributed by atoms with Crippen molar-refractivity contribution >= 4 is 22.4 Å². The Morgan fingerprint density at radius 2 is 1.76 bits per heavy atom. The molecule has 0 aliphatic carbocycles. The van der Waals surface area contributed by atoms with E-state index in [0.717, 1.165) is 41.8 Å². The molecule has 0 spiro atoms. The fourth-order valence-corrected chi connectivity index (χ4v) is 4.50. The minimum Gasteiger partial charge on any atom is -0.316 e. The molecule has 1 aliphatic rings. The lowest BCUT2D eigenvalue weighted by atomic mass is 10.0. The minimum absolute atomic E-state index is 0. The lowest BCUT2D eigenvalue weighted by Gasteiger charge is -2.17. The molecule has 1 aliphatic heterocycles. The Hall–Kier alpha value is -0.620. The van der Waals surface area contributed by atoms with E-state index in [0.29, 0.717) is 17.4 Å². The van der Waals surface area contributed by atoms with E-state index in [4.69, 9.17) is 0 Å². The van der Waals surface area contributed by atoms with Gasteiger partial charge in [-0.3, -0.25) is 0 Å². The van der Waals surface area contributed by atoms with Crippen LogP contribution < -0.4 is 10.0 Å². The van der Waals surface area contributed by atoms with Crippen LogP contribution in [0.5, 0.6) is 0 Å². The van der Waals surface area contributed by atoms with E-state index in [1.165, 1.54) is 0 Å². The summed E-state index contributed by atoms with van der Waals surface area (Å²) in [6.07, 6.45) is 1.04. The predicted octanol–water partition coefficient (Wildman–Crippen LogP) is 2.23. The second kappa shape index (κ2) is 7.09. The largest absolute Gasteiger partial charge is 0.316 e. The monoisotopic (exact) mass is 332 g/mol. The zero-order valence-electron chi connectivity index (χ0n) is 13.1. The van der Waals surface area contributed by atoms with Gasteiger partial charge in [-0.25, -0.2) is 13.1 Å². The Balaban J connectivity index is 0.00000220. The van der Waals surface area contributed by atoms with Gasteiger partial charge in [0.1, 0.15) is 0 Å². The van der Waals surface area contributed by atoms with Crippen LogP contribution in [-0.4, -0.2) is 28.1 Å². The molecule has 1 unspecified atom stereocenters. The van der Waals surface area contributed by atoms with Crippen molar-refractivity contribution in [2.24, 2.45) is 5.92 Å². The van der Waals surface area contributed by atoms with E-state index in [1.54, 1.807) is 0 Å². The van der Waals surface area contributed by atoms with Crippen LogP contribution in [0.2, 0.25) is 0 Å². The lowest BCUT2D eigenvalue weighted by molar-refractivity contribution is 0.538. The fraction of sp³-hybridized carbons (Fsp3) is 0.600. The number of nitrogens with one attached hydrogen (secondary N) is 2. The number of hydrogen-bond acceptors (Lipinski definition) is 3. The van der Waals surface area contributed by atoms with Crippen molar-refractivity contribution in [3.05, 3.63) is 28.3 Å². The first-order valence-electron chi connectivity index (χ1n) is 7.10. The van der Waals surface area contributed by atoms with Gasteiger partial charge in [0.15, 0.2) is 0 Å². The quantitative estimate of drug-likeness (QED) is 0.889. The van der Waals surface area contributed by atoms with Crippen molar-refractivity contribution < 1.29 is 8.42 Å². The standard InChI is InChI=1S/C15H24N2O2S.ClH/c1-10-7-11(2)13(4)15(12(10)3)20(18,19)17-9-14-5-6-16-8-14;/h7,14,16-17H,5-6,8-9H2,1-4H3;1H. The van der Waals surface area contributed by atoms with Crippen LogP contribution in [0.1, 0.15) is 28.7 Å². The normalized spacial score (nSPS) is 18.6. The average Bonchev–Trinajstić information content (AvgIpc) is 2.87. The van der Waals surface area contributed by atoms with Crippen molar-refractivity contribution in [2.45, 2.75) is 39.0 Å². The Morgan fingerprint density at radius 1 is 1.19 bits per heavy atom. The summed E-state index contributed by atoms with van der Waals surface area (Å²) in [6.45, 7) is 10.1. The number of sulfonamides is 1. The summed E-state index contributed by atoms with van der Waals surface area (Å²) in [5.41, 5.74) is 3.75. The molecular formula is C15H25ClN2O2S. The third-order valence-electron chi connectivity index (χ3n) is 4.29. The molecule has 21 heavy (non-hydrogen) atoms. The summed E-state index contributed by atoms with van der Waals surface area (Å²) >= 11 is 0. The van der Waals surface area contributed by atoms with Gasteiger partial charge < -0.3 is 5.32 Å². The summed E-state index contributed by atoms with van der Waals surface area (Å²) in [7, 11) is -3.43. The van der Waals surface area contributed by atoms with Crippen LogP contribution in [0.3, 0.4) is 0 Å². The molecule has 1 aromatic rings. The second-order valence-electron chi connectivity index (χ2n) is 5.80. The molecule has 0 aromatic heterocycles. The Kier molecular flexibility index (Phi) is 6.23. The molecule has 1 fully saturated rings. The smallest absolute Gasteiger partial charge is 0.241 e. The summed E-state index contributed by atoms with van der Waals surface area (Å²) < 4.78 is 28.0. The molecular weight excluding hydrogens is 308 g/mol. The van der Waals surface area contributed by atoms with E-state index in [-0.39, 0.29) is 12.4 Å². The summed E-state index contributed by atoms with van der Waals surface area (Å²) in [4.78, 5) is 0.459. The highest BCUT2D eigenvalue weighted by Gasteiger charge is 2.24. The first-order chi connectivity index (χ1) is 9.33. The maximum absolute atomic E-state index is 12.6. The van der Waals surface area contributed by atoms with Crippen molar-refractivity contribution in [1.29, 1.82) is 0 Å². The maximum Gasteiger partial charge on any atom is 0.241 e. The average molecular weight is 333 g/mol. The van der Waals surface area contributed by atoms with Gasteiger partial charge in [-0.05, 0) is 75.4 Å². The molecule has 4 nitrogen and oxygen atoms in total. The lowest BCUT2D eigenvalue weighted by Crippen LogP contribution is -2.31. The number of benzene rings is 1. The van der Waals surface area contributed by atoms with Gasteiger partial charge in [-0.1, -0.05) is 6.07 Å². The first-order valence-corrected chi connectivity index (χ1v) is 8.59. The Labute approximate surface area is 134 Å². The van der Waals surface area contributed by atoms with Gasteiger partial charge in [-0.15, -0.1) is 12.4 Å². The minimum atomic E-state index is -3.43. The van der Waals surface area contributed by atoms with Crippen molar-refractivity contribution in [3.8, 4) is 0 Å². The van der Waals surface area contributed by atoms with Crippen LogP contribution in [0, 0.1) is 33.6 Å². The van der Waals surface area contributed by atoms with Gasteiger partial charge in [0.05, 0.1) is 4.90 Å². The van der Waals surface area contributed by atoms with E-state index in [9.17, 15) is 8.42 Å². The van der Waals surface area contributed by atoms with Gasteiger partial charge in [0.2, 0.25) is 10.0 Å². The summed E-state index contributed by atoms with van der Waals surface area (Å²) in [6, 6.07) is 2.05. The fourth-order valence-electron chi connectivity index (χ4n) is 2.77. The van der Waals surface area contributed by atoms with E-state index >= 15 is 0 Å². The molecule has 1 aromatic carbocycles. The molecule has 2 rings (SSSR count). The molecule has 1 saturated heterocycles. The molecule has 2 N–H and O–H groups in total. The molecule has 0 saturated carbocycles. The summed E-state index contributed by atoms with van der Waals surface area (Å²) in [5, 5.41) is 3.25. The zero-order valence-corrected chi connectivity index (χ0v) is 14.7. The Morgan fingerprint density at radius 3 is 2.24 bits per heavy atom. The van der Waals surface area contributed by atoms with Crippen molar-refractivity contribution in [2.75, 3.05) is 19.6 Å². The van der Waals surface area contributed by atoms with E-state index in [1.807, 2.05) is 33.8 Å². The molecule has 120 valence electrons. The highest BCUT2D eigenvalue weighted by Crippen LogP contribution is 2.26. The van der Waals surface area contributed by atoms with Gasteiger partial charge in [-0.2, -0.15) is 0 Å². The molecule has 1 atom stereocenters. The molecule has 0 radical (unpaired) electrons. The summed E-state index contributed by atoms with van der Waals surface area (Å²) in [5.74, 6) is 0.399. The molecule has 0 bridgehead atoms. The Bertz CT molecular complexity index is 582. The van der Waals surface area contributed by atoms with E-state index < -0.39 is 10.0 Å². The molecule has 1 heterocycles. The number of rotatable bonds is 4. The van der Waals surface area contributed by atoms with E-state index in [2.05, 4.69) is 10.0 Å². The SMILES string of the molecule is Cc1cc(C)c(C)c(S(=O)(=O)NCC2CCNC2)c1C.Cl. The van der Waals surface area contributed by atoms with Crippen molar-refractivity contribution in [3.63, 3.8) is 0 Å². The number of halogens is 1. The van der Waals surface area contributed by atoms with Crippen molar-refractivity contribution in [1.82, 2.24) is 10.0 Å². The predicted molar refractivity (Wildman–Crippen MR) is 88.8 cm³/mol. The third-order valence-corrected chi connectivity index (χ3v) is 5.99. The highest BCUT2D eigenvalue weighted by atomic mass is 35.5. The topological polar surface area (TPSA) is 58.2 Å². The number of hydrogen-bond donors (Lipinski definition) is 2. The van der Waals surface area contributed by atoms with Crippen LogP contribution in [0.15, 0.2) is 11.0 Å². The van der Waals surface area contributed by atoms with Crippen LogP contribution in [0.4, 0.5) is 0 Å². The highest BCUT2D eigenvalue weighted by molar-refractivity contribution is 7.89. The second-order valence-corrected chi connectivity index (χ2v) is 7.50. The van der Waals surface area contributed by atoms with Gasteiger partial charge >= 0.3 is 0 Å². The third kappa shape index (κ3) is 3.97. The van der Waals surface area contributed by atoms with Crippen LogP contribution in [0.25, 0.3) is 0 Å². The molecule has 0 amide bonds. The number of aryl methyl sites for hydroxylation is 2. The maximum atomic E-state index is 12.6. The zero-order chi connectivity index (χ0) is 14.9. The van der Waals surface area contributed by atoms with Gasteiger partial charge in [0.25, 0.3) is 0 Å². The van der Waals surface area contributed by atoms with Gasteiger partial charge in [0, 0.05) is 6.54 Å².